The van der Waals surface area contributed by atoms with Gasteiger partial charge in [-0.15, -0.1) is 0 Å². The van der Waals surface area contributed by atoms with Crippen molar-refractivity contribution >= 4 is 34.7 Å². The number of nitrogens with zero attached hydrogens (tertiary/aromatic N) is 3. The van der Waals surface area contributed by atoms with Crippen LogP contribution >= 0.6 is 0 Å². The van der Waals surface area contributed by atoms with E-state index in [-0.39, 0.29) is 5.91 Å². The summed E-state index contributed by atoms with van der Waals surface area (Å²) < 4.78 is 0. The van der Waals surface area contributed by atoms with E-state index in [4.69, 9.17) is 0 Å². The molecule has 0 unspecified atom stereocenters. The minimum absolute atomic E-state index is 0.0166. The summed E-state index contributed by atoms with van der Waals surface area (Å²) in [4.78, 5) is 25.0. The molecule has 2 aromatic carbocycles. The number of nitrogens with one attached hydrogen (secondary N) is 3. The van der Waals surface area contributed by atoms with Crippen molar-refractivity contribution in [1.29, 1.82) is 0 Å². The second-order valence-electron chi connectivity index (χ2n) is 7.72. The van der Waals surface area contributed by atoms with E-state index < -0.39 is 0 Å². The van der Waals surface area contributed by atoms with Crippen LogP contribution in [0.5, 0.6) is 0 Å². The maximum atomic E-state index is 12.2. The number of carbonyl (C=O) groups excluding carboxylic acids is 1. The Balaban J connectivity index is 1.28. The average molecular weight is 439 g/mol. The fourth-order valence-electron chi connectivity index (χ4n) is 3.34. The molecule has 0 aliphatic heterocycles. The summed E-state index contributed by atoms with van der Waals surface area (Å²) in [6.45, 7) is 2.01. The Morgan fingerprint density at radius 1 is 0.788 bits per heavy atom. The van der Waals surface area contributed by atoms with E-state index in [9.17, 15) is 4.79 Å². The van der Waals surface area contributed by atoms with Gasteiger partial charge in [0.25, 0.3) is 0 Å². The second-order valence-corrected chi connectivity index (χ2v) is 7.72. The van der Waals surface area contributed by atoms with E-state index in [2.05, 4.69) is 43.0 Å². The van der Waals surface area contributed by atoms with E-state index in [1.165, 1.54) is 11.9 Å². The van der Waals surface area contributed by atoms with Gasteiger partial charge >= 0.3 is 0 Å². The standard InChI is InChI=1S/C26H26N6O/c1-19-14-15-27-23(16-19)32-25-17-24(28-18-29-25)30-21-10-12-22(13-11-21)31-26(33)9-5-8-20-6-3-2-4-7-20/h2-4,6-7,10-18H,5,8-9H2,1H3,(H,31,33)(H2,27,28,29,30,32). The van der Waals surface area contributed by atoms with Crippen LogP contribution in [0.2, 0.25) is 0 Å². The molecule has 7 nitrogen and oxygen atoms in total. The molecular weight excluding hydrogens is 412 g/mol. The molecule has 4 aromatic rings. The lowest BCUT2D eigenvalue weighted by Crippen LogP contribution is -2.11. The average Bonchev–Trinajstić information content (AvgIpc) is 2.81. The highest BCUT2D eigenvalue weighted by atomic mass is 16.1. The van der Waals surface area contributed by atoms with Crippen LogP contribution in [0.15, 0.2) is 85.3 Å². The molecule has 0 aliphatic carbocycles. The molecule has 0 fully saturated rings. The zero-order valence-electron chi connectivity index (χ0n) is 18.5. The Bertz CT molecular complexity index is 1190. The molecule has 2 heterocycles. The monoisotopic (exact) mass is 438 g/mol. The van der Waals surface area contributed by atoms with Crippen LogP contribution < -0.4 is 16.0 Å². The van der Waals surface area contributed by atoms with Crippen LogP contribution in [0.1, 0.15) is 24.0 Å². The maximum Gasteiger partial charge on any atom is 0.224 e. The number of amides is 1. The molecule has 4 rings (SSSR count). The van der Waals surface area contributed by atoms with Crippen molar-refractivity contribution in [2.75, 3.05) is 16.0 Å². The Hall–Kier alpha value is -4.26. The second kappa shape index (κ2) is 10.9. The molecule has 0 aliphatic rings. The lowest BCUT2D eigenvalue weighted by atomic mass is 10.1. The van der Waals surface area contributed by atoms with Gasteiger partial charge < -0.3 is 16.0 Å². The molecule has 2 aromatic heterocycles. The third-order valence-electron chi connectivity index (χ3n) is 4.99. The van der Waals surface area contributed by atoms with E-state index >= 15 is 0 Å². The van der Waals surface area contributed by atoms with Gasteiger partial charge in [-0.2, -0.15) is 0 Å². The highest BCUT2D eigenvalue weighted by Crippen LogP contribution is 2.20. The molecular formula is C26H26N6O. The van der Waals surface area contributed by atoms with Gasteiger partial charge in [0.1, 0.15) is 23.8 Å². The molecule has 3 N–H and O–H groups in total. The van der Waals surface area contributed by atoms with Gasteiger partial charge in [-0.25, -0.2) is 15.0 Å². The van der Waals surface area contributed by atoms with Gasteiger partial charge in [0.05, 0.1) is 0 Å². The van der Waals surface area contributed by atoms with Gasteiger partial charge in [0.15, 0.2) is 0 Å². The molecule has 0 spiro atoms. The largest absolute Gasteiger partial charge is 0.340 e. The first-order valence-electron chi connectivity index (χ1n) is 10.9. The lowest BCUT2D eigenvalue weighted by Gasteiger charge is -2.10. The first-order valence-corrected chi connectivity index (χ1v) is 10.9. The lowest BCUT2D eigenvalue weighted by molar-refractivity contribution is -0.116. The zero-order valence-corrected chi connectivity index (χ0v) is 18.5. The van der Waals surface area contributed by atoms with Crippen LogP contribution in [-0.2, 0) is 11.2 Å². The molecule has 1 amide bonds. The van der Waals surface area contributed by atoms with Crippen LogP contribution in [0.3, 0.4) is 0 Å². The van der Waals surface area contributed by atoms with Crippen LogP contribution in [0, 0.1) is 6.92 Å². The summed E-state index contributed by atoms with van der Waals surface area (Å²) in [6, 6.07) is 23.4. The van der Waals surface area contributed by atoms with E-state index in [1.54, 1.807) is 6.20 Å². The van der Waals surface area contributed by atoms with E-state index in [0.717, 1.165) is 35.6 Å². The van der Waals surface area contributed by atoms with Crippen molar-refractivity contribution in [1.82, 2.24) is 15.0 Å². The molecule has 7 heteroatoms. The van der Waals surface area contributed by atoms with Crippen molar-refractivity contribution in [3.05, 3.63) is 96.4 Å². The molecule has 0 radical (unpaired) electrons. The van der Waals surface area contributed by atoms with Gasteiger partial charge in [0, 0.05) is 30.1 Å². The number of pyridine rings is 1. The SMILES string of the molecule is Cc1ccnc(Nc2cc(Nc3ccc(NC(=O)CCCc4ccccc4)cc3)ncn2)c1. The van der Waals surface area contributed by atoms with Crippen molar-refractivity contribution in [2.45, 2.75) is 26.2 Å². The normalized spacial score (nSPS) is 10.5. The Morgan fingerprint density at radius 3 is 2.24 bits per heavy atom. The number of anilines is 5. The predicted octanol–water partition coefficient (Wildman–Crippen LogP) is 5.63. The van der Waals surface area contributed by atoms with Crippen LogP contribution in [0.25, 0.3) is 0 Å². The van der Waals surface area contributed by atoms with Gasteiger partial charge in [-0.05, 0) is 67.3 Å². The minimum atomic E-state index is 0.0166. The van der Waals surface area contributed by atoms with Gasteiger partial charge in [0.2, 0.25) is 5.91 Å². The maximum absolute atomic E-state index is 12.2. The Labute approximate surface area is 193 Å². The predicted molar refractivity (Wildman–Crippen MR) is 132 cm³/mol. The highest BCUT2D eigenvalue weighted by Gasteiger charge is 2.05. The summed E-state index contributed by atoms with van der Waals surface area (Å²) in [6.07, 6.45) is 5.44. The topological polar surface area (TPSA) is 91.8 Å². The van der Waals surface area contributed by atoms with Crippen LogP contribution in [-0.4, -0.2) is 20.9 Å². The fraction of sp³-hybridized carbons (Fsp3) is 0.154. The number of hydrogen-bond acceptors (Lipinski definition) is 6. The van der Waals surface area contributed by atoms with Gasteiger partial charge in [-0.3, -0.25) is 4.79 Å². The summed E-state index contributed by atoms with van der Waals surface area (Å²) in [5.41, 5.74) is 3.98. The number of aryl methyl sites for hydroxylation is 2. The molecule has 33 heavy (non-hydrogen) atoms. The third kappa shape index (κ3) is 6.87. The zero-order chi connectivity index (χ0) is 22.9. The smallest absolute Gasteiger partial charge is 0.224 e. The van der Waals surface area contributed by atoms with Gasteiger partial charge in [-0.1, -0.05) is 30.3 Å². The molecule has 0 bridgehead atoms. The van der Waals surface area contributed by atoms with Crippen molar-refractivity contribution in [2.24, 2.45) is 0 Å². The molecule has 0 atom stereocenters. The van der Waals surface area contributed by atoms with Crippen molar-refractivity contribution < 1.29 is 4.79 Å². The number of aromatic nitrogens is 3. The summed E-state index contributed by atoms with van der Waals surface area (Å²) in [7, 11) is 0. The number of hydrogen-bond donors (Lipinski definition) is 3. The first kappa shape index (κ1) is 22.0. The van der Waals surface area contributed by atoms with E-state index in [1.807, 2.05) is 67.6 Å². The van der Waals surface area contributed by atoms with Crippen molar-refractivity contribution in [3.63, 3.8) is 0 Å². The number of carbonyl (C=O) groups is 1. The van der Waals surface area contributed by atoms with E-state index in [0.29, 0.717) is 18.1 Å². The highest BCUT2D eigenvalue weighted by molar-refractivity contribution is 5.90. The Morgan fingerprint density at radius 2 is 1.48 bits per heavy atom. The Kier molecular flexibility index (Phi) is 7.22. The first-order chi connectivity index (χ1) is 16.1. The fourth-order valence-corrected chi connectivity index (χ4v) is 3.34. The molecule has 0 saturated heterocycles. The summed E-state index contributed by atoms with van der Waals surface area (Å²) >= 11 is 0. The molecule has 166 valence electrons. The van der Waals surface area contributed by atoms with Crippen LogP contribution in [0.4, 0.5) is 28.8 Å². The minimum Gasteiger partial charge on any atom is -0.340 e. The third-order valence-corrected chi connectivity index (χ3v) is 4.99. The number of benzene rings is 2. The molecule has 0 saturated carbocycles. The summed E-state index contributed by atoms with van der Waals surface area (Å²) in [5, 5.41) is 9.38. The quantitative estimate of drug-likeness (QED) is 0.314. The van der Waals surface area contributed by atoms with Crippen molar-refractivity contribution in [3.8, 4) is 0 Å². The number of rotatable bonds is 9. The summed E-state index contributed by atoms with van der Waals surface area (Å²) in [5.74, 6) is 2.04.